The quantitative estimate of drug-likeness (QED) is 0.662. The molecule has 0 saturated heterocycles. The smallest absolute Gasteiger partial charge is 0.132 e. The van der Waals surface area contributed by atoms with Gasteiger partial charge in [0, 0.05) is 17.5 Å². The van der Waals surface area contributed by atoms with Gasteiger partial charge >= 0.3 is 0 Å². The Labute approximate surface area is 69.9 Å². The van der Waals surface area contributed by atoms with Gasteiger partial charge in [0.1, 0.15) is 5.82 Å². The van der Waals surface area contributed by atoms with E-state index >= 15 is 0 Å². The van der Waals surface area contributed by atoms with Crippen molar-refractivity contribution < 1.29 is 4.39 Å². The molecule has 12 heavy (non-hydrogen) atoms. The summed E-state index contributed by atoms with van der Waals surface area (Å²) in [6.45, 7) is 0. The van der Waals surface area contributed by atoms with E-state index in [9.17, 15) is 4.39 Å². The maximum Gasteiger partial charge on any atom is 0.132 e. The molecule has 0 spiro atoms. The van der Waals surface area contributed by atoms with Gasteiger partial charge in [-0.25, -0.2) is 4.39 Å². The first-order valence-electron chi connectivity index (χ1n) is 3.76. The molecule has 0 fully saturated rings. The Balaban J connectivity index is 2.55. The molecule has 0 amide bonds. The molecule has 0 aliphatic heterocycles. The van der Waals surface area contributed by atoms with Gasteiger partial charge < -0.3 is 4.98 Å². The van der Waals surface area contributed by atoms with E-state index in [1.165, 1.54) is 6.07 Å². The normalized spacial score (nSPS) is 10.1. The summed E-state index contributed by atoms with van der Waals surface area (Å²) in [4.78, 5) is 2.95. The van der Waals surface area contributed by atoms with Gasteiger partial charge in [-0.3, -0.25) is 0 Å². The molecule has 60 valence electrons. The van der Waals surface area contributed by atoms with Gasteiger partial charge in [0.15, 0.2) is 0 Å². The molecule has 1 aromatic carbocycles. The number of halogens is 1. The van der Waals surface area contributed by atoms with Crippen LogP contribution in [0.2, 0.25) is 0 Å². The second kappa shape index (κ2) is 2.81. The van der Waals surface area contributed by atoms with Crippen LogP contribution in [0.25, 0.3) is 11.3 Å². The maximum absolute atomic E-state index is 13.1. The minimum atomic E-state index is -0.194. The average Bonchev–Trinajstić information content (AvgIpc) is 2.57. The molecule has 1 N–H and O–H groups in total. The molecule has 1 nitrogen and oxygen atoms in total. The van der Waals surface area contributed by atoms with Gasteiger partial charge in [0.2, 0.25) is 0 Å². The molecule has 2 heteroatoms. The lowest BCUT2D eigenvalue weighted by molar-refractivity contribution is 0.631. The van der Waals surface area contributed by atoms with E-state index in [2.05, 4.69) is 4.98 Å². The van der Waals surface area contributed by atoms with Crippen LogP contribution in [0.3, 0.4) is 0 Å². The summed E-state index contributed by atoms with van der Waals surface area (Å²) < 4.78 is 13.1. The summed E-state index contributed by atoms with van der Waals surface area (Å²) in [5.74, 6) is -0.194. The topological polar surface area (TPSA) is 15.8 Å². The first-order chi connectivity index (χ1) is 5.88. The van der Waals surface area contributed by atoms with Crippen LogP contribution in [0.15, 0.2) is 42.6 Å². The van der Waals surface area contributed by atoms with E-state index in [0.29, 0.717) is 5.56 Å². The molecule has 0 saturated carbocycles. The van der Waals surface area contributed by atoms with Gasteiger partial charge in [-0.2, -0.15) is 0 Å². The molecule has 0 aliphatic carbocycles. The van der Waals surface area contributed by atoms with Gasteiger partial charge in [0.05, 0.1) is 0 Å². The highest BCUT2D eigenvalue weighted by Crippen LogP contribution is 2.19. The lowest BCUT2D eigenvalue weighted by Crippen LogP contribution is -1.81. The fourth-order valence-electron chi connectivity index (χ4n) is 1.18. The average molecular weight is 161 g/mol. The fraction of sp³-hybridized carbons (Fsp3) is 0. The van der Waals surface area contributed by atoms with Crippen LogP contribution in [0.1, 0.15) is 0 Å². The summed E-state index contributed by atoms with van der Waals surface area (Å²) >= 11 is 0. The SMILES string of the molecule is Fc1ccccc1-c1ccc[nH]1. The van der Waals surface area contributed by atoms with E-state index in [1.54, 1.807) is 18.3 Å². The number of hydrogen-bond donors (Lipinski definition) is 1. The highest BCUT2D eigenvalue weighted by atomic mass is 19.1. The summed E-state index contributed by atoms with van der Waals surface area (Å²) in [5.41, 5.74) is 1.43. The number of aromatic nitrogens is 1. The molecule has 0 radical (unpaired) electrons. The monoisotopic (exact) mass is 161 g/mol. The van der Waals surface area contributed by atoms with Crippen molar-refractivity contribution in [2.75, 3.05) is 0 Å². The zero-order valence-electron chi connectivity index (χ0n) is 6.42. The summed E-state index contributed by atoms with van der Waals surface area (Å²) in [6.07, 6.45) is 1.78. The maximum atomic E-state index is 13.1. The molecule has 1 aromatic heterocycles. The predicted octanol–water partition coefficient (Wildman–Crippen LogP) is 2.82. The third kappa shape index (κ3) is 1.11. The lowest BCUT2D eigenvalue weighted by Gasteiger charge is -1.98. The third-order valence-corrected chi connectivity index (χ3v) is 1.76. The van der Waals surface area contributed by atoms with Gasteiger partial charge in [-0.1, -0.05) is 12.1 Å². The number of aromatic amines is 1. The van der Waals surface area contributed by atoms with Crippen LogP contribution in [0, 0.1) is 5.82 Å². The van der Waals surface area contributed by atoms with Crippen molar-refractivity contribution in [3.63, 3.8) is 0 Å². The van der Waals surface area contributed by atoms with E-state index in [4.69, 9.17) is 0 Å². The first kappa shape index (κ1) is 7.10. The van der Waals surface area contributed by atoms with Gasteiger partial charge in [0.25, 0.3) is 0 Å². The number of hydrogen-bond acceptors (Lipinski definition) is 0. The zero-order chi connectivity index (χ0) is 8.39. The Morgan fingerprint density at radius 2 is 1.83 bits per heavy atom. The van der Waals surface area contributed by atoms with Crippen molar-refractivity contribution in [3.05, 3.63) is 48.4 Å². The fourth-order valence-corrected chi connectivity index (χ4v) is 1.18. The summed E-state index contributed by atoms with van der Waals surface area (Å²) in [7, 11) is 0. The predicted molar refractivity (Wildman–Crippen MR) is 46.2 cm³/mol. The Bertz CT molecular complexity index is 365. The van der Waals surface area contributed by atoms with Crippen molar-refractivity contribution in [1.82, 2.24) is 4.98 Å². The Hall–Kier alpha value is -1.57. The molecule has 0 atom stereocenters. The van der Waals surface area contributed by atoms with Crippen LogP contribution in [0.5, 0.6) is 0 Å². The van der Waals surface area contributed by atoms with E-state index in [0.717, 1.165) is 5.69 Å². The third-order valence-electron chi connectivity index (χ3n) is 1.76. The highest BCUT2D eigenvalue weighted by molar-refractivity contribution is 5.59. The second-order valence-electron chi connectivity index (χ2n) is 2.56. The highest BCUT2D eigenvalue weighted by Gasteiger charge is 2.02. The molecule has 0 aliphatic rings. The second-order valence-corrected chi connectivity index (χ2v) is 2.56. The zero-order valence-corrected chi connectivity index (χ0v) is 6.42. The van der Waals surface area contributed by atoms with Crippen LogP contribution in [0.4, 0.5) is 4.39 Å². The minimum absolute atomic E-state index is 0.194. The van der Waals surface area contributed by atoms with Crippen molar-refractivity contribution in [2.24, 2.45) is 0 Å². The Kier molecular flexibility index (Phi) is 1.67. The standard InChI is InChI=1S/C10H8FN/c11-9-5-2-1-4-8(9)10-6-3-7-12-10/h1-7,12H. The molecular formula is C10H8FN. The first-order valence-corrected chi connectivity index (χ1v) is 3.76. The van der Waals surface area contributed by atoms with E-state index in [1.807, 2.05) is 18.2 Å². The number of benzene rings is 1. The van der Waals surface area contributed by atoms with Crippen LogP contribution >= 0.6 is 0 Å². The summed E-state index contributed by atoms with van der Waals surface area (Å²) in [6, 6.07) is 10.4. The Morgan fingerprint density at radius 1 is 1.00 bits per heavy atom. The van der Waals surface area contributed by atoms with Gasteiger partial charge in [-0.15, -0.1) is 0 Å². The van der Waals surface area contributed by atoms with Crippen molar-refractivity contribution in [3.8, 4) is 11.3 Å². The van der Waals surface area contributed by atoms with E-state index < -0.39 is 0 Å². The Morgan fingerprint density at radius 3 is 2.50 bits per heavy atom. The molecule has 0 unspecified atom stereocenters. The van der Waals surface area contributed by atoms with Crippen LogP contribution in [-0.4, -0.2) is 4.98 Å². The van der Waals surface area contributed by atoms with Crippen LogP contribution < -0.4 is 0 Å². The number of rotatable bonds is 1. The largest absolute Gasteiger partial charge is 0.361 e. The molecule has 1 heterocycles. The molecule has 0 bridgehead atoms. The minimum Gasteiger partial charge on any atom is -0.361 e. The number of nitrogens with one attached hydrogen (secondary N) is 1. The lowest BCUT2D eigenvalue weighted by atomic mass is 10.1. The van der Waals surface area contributed by atoms with E-state index in [-0.39, 0.29) is 5.82 Å². The van der Waals surface area contributed by atoms with Gasteiger partial charge in [-0.05, 0) is 24.3 Å². The number of H-pyrrole nitrogens is 1. The molecule has 2 aromatic rings. The molecular weight excluding hydrogens is 153 g/mol. The summed E-state index contributed by atoms with van der Waals surface area (Å²) in [5, 5.41) is 0. The molecule has 2 rings (SSSR count). The van der Waals surface area contributed by atoms with Crippen molar-refractivity contribution in [2.45, 2.75) is 0 Å². The van der Waals surface area contributed by atoms with Crippen molar-refractivity contribution in [1.29, 1.82) is 0 Å². The van der Waals surface area contributed by atoms with Crippen molar-refractivity contribution >= 4 is 0 Å². The van der Waals surface area contributed by atoms with Crippen LogP contribution in [-0.2, 0) is 0 Å².